The van der Waals surface area contributed by atoms with Crippen LogP contribution in [-0.2, 0) is 10.0 Å². The quantitative estimate of drug-likeness (QED) is 0.574. The predicted molar refractivity (Wildman–Crippen MR) is 78.9 cm³/mol. The second kappa shape index (κ2) is 5.61. The third-order valence-corrected chi connectivity index (χ3v) is 5.76. The van der Waals surface area contributed by atoms with E-state index in [1.807, 2.05) is 0 Å². The Balaban J connectivity index is 2.13. The van der Waals surface area contributed by atoms with Crippen LogP contribution >= 0.6 is 0 Å². The Morgan fingerprint density at radius 2 is 2.00 bits per heavy atom. The van der Waals surface area contributed by atoms with Crippen molar-refractivity contribution < 1.29 is 13.5 Å². The van der Waals surface area contributed by atoms with Crippen molar-refractivity contribution >= 4 is 15.7 Å². The van der Waals surface area contributed by atoms with Crippen molar-refractivity contribution in [1.82, 2.24) is 4.72 Å². The average Bonchev–Trinajstić information content (AvgIpc) is 2.89. The average molecular weight is 298 g/mol. The van der Waals surface area contributed by atoms with Crippen LogP contribution in [0.4, 0.5) is 5.69 Å². The molecule has 0 unspecified atom stereocenters. The first kappa shape index (κ1) is 15.1. The van der Waals surface area contributed by atoms with Crippen molar-refractivity contribution in [3.63, 3.8) is 0 Å². The van der Waals surface area contributed by atoms with Gasteiger partial charge in [0, 0.05) is 6.54 Å². The maximum atomic E-state index is 12.3. The van der Waals surface area contributed by atoms with E-state index in [0.717, 1.165) is 19.3 Å². The summed E-state index contributed by atoms with van der Waals surface area (Å²) in [6.45, 7) is 2.57. The molecule has 0 radical (unpaired) electrons. The lowest BCUT2D eigenvalue weighted by atomic mass is 9.84. The van der Waals surface area contributed by atoms with Gasteiger partial charge in [0.05, 0.1) is 10.6 Å². The smallest absolute Gasteiger partial charge is 0.240 e. The molecule has 1 aromatic rings. The van der Waals surface area contributed by atoms with E-state index in [1.54, 1.807) is 0 Å². The van der Waals surface area contributed by atoms with Gasteiger partial charge in [0.25, 0.3) is 0 Å². The number of nitrogens with two attached hydrogens (primary N) is 1. The van der Waals surface area contributed by atoms with E-state index in [4.69, 9.17) is 5.73 Å². The van der Waals surface area contributed by atoms with Crippen LogP contribution in [0.1, 0.15) is 39.0 Å². The minimum atomic E-state index is -3.58. The first-order valence-electron chi connectivity index (χ1n) is 6.97. The van der Waals surface area contributed by atoms with E-state index < -0.39 is 10.0 Å². The van der Waals surface area contributed by atoms with Gasteiger partial charge in [-0.3, -0.25) is 0 Å². The molecule has 0 spiro atoms. The molecule has 1 aromatic carbocycles. The van der Waals surface area contributed by atoms with E-state index in [1.165, 1.54) is 31.0 Å². The number of nitrogen functional groups attached to an aromatic ring is 1. The van der Waals surface area contributed by atoms with Crippen LogP contribution in [0.15, 0.2) is 23.1 Å². The molecule has 6 heteroatoms. The molecule has 0 amide bonds. The SMILES string of the molecule is CCC1(CNS(=O)(=O)c2ccc(O)c(N)c2)CCCC1. The van der Waals surface area contributed by atoms with Crippen molar-refractivity contribution in [3.05, 3.63) is 18.2 Å². The number of benzene rings is 1. The Kier molecular flexibility index (Phi) is 4.25. The Labute approximate surface area is 120 Å². The maximum Gasteiger partial charge on any atom is 0.240 e. The van der Waals surface area contributed by atoms with Crippen molar-refractivity contribution in [2.45, 2.75) is 43.9 Å². The van der Waals surface area contributed by atoms with E-state index >= 15 is 0 Å². The fraction of sp³-hybridized carbons (Fsp3) is 0.571. The van der Waals surface area contributed by atoms with Crippen molar-refractivity contribution in [1.29, 1.82) is 0 Å². The number of hydrogen-bond donors (Lipinski definition) is 3. The Hall–Kier alpha value is -1.27. The molecule has 1 aliphatic rings. The van der Waals surface area contributed by atoms with Crippen LogP contribution in [-0.4, -0.2) is 20.1 Å². The second-order valence-electron chi connectivity index (χ2n) is 5.61. The number of phenolic OH excluding ortho intramolecular Hbond substituents is 1. The number of hydrogen-bond acceptors (Lipinski definition) is 4. The summed E-state index contributed by atoms with van der Waals surface area (Å²) in [6, 6.07) is 3.95. The Morgan fingerprint density at radius 3 is 2.55 bits per heavy atom. The monoisotopic (exact) mass is 298 g/mol. The molecule has 5 nitrogen and oxygen atoms in total. The van der Waals surface area contributed by atoms with E-state index in [9.17, 15) is 13.5 Å². The van der Waals surface area contributed by atoms with Gasteiger partial charge in [-0.05, 0) is 42.9 Å². The number of anilines is 1. The summed E-state index contributed by atoms with van der Waals surface area (Å²) in [5.41, 5.74) is 5.71. The first-order valence-corrected chi connectivity index (χ1v) is 8.45. The zero-order valence-corrected chi connectivity index (χ0v) is 12.5. The highest BCUT2D eigenvalue weighted by Crippen LogP contribution is 2.40. The fourth-order valence-corrected chi connectivity index (χ4v) is 4.00. The topological polar surface area (TPSA) is 92.4 Å². The van der Waals surface area contributed by atoms with Crippen LogP contribution in [0.2, 0.25) is 0 Å². The van der Waals surface area contributed by atoms with Gasteiger partial charge in [-0.15, -0.1) is 0 Å². The van der Waals surface area contributed by atoms with Crippen LogP contribution in [0.5, 0.6) is 5.75 Å². The molecule has 0 aliphatic heterocycles. The number of nitrogens with one attached hydrogen (secondary N) is 1. The highest BCUT2D eigenvalue weighted by Gasteiger charge is 2.33. The van der Waals surface area contributed by atoms with Crippen LogP contribution in [0, 0.1) is 5.41 Å². The lowest BCUT2D eigenvalue weighted by Gasteiger charge is -2.27. The normalized spacial score (nSPS) is 18.2. The van der Waals surface area contributed by atoms with Crippen molar-refractivity contribution in [2.24, 2.45) is 5.41 Å². The predicted octanol–water partition coefficient (Wildman–Crippen LogP) is 2.22. The molecule has 112 valence electrons. The molecule has 1 aliphatic carbocycles. The minimum Gasteiger partial charge on any atom is -0.506 e. The summed E-state index contributed by atoms with van der Waals surface area (Å²) >= 11 is 0. The highest BCUT2D eigenvalue weighted by atomic mass is 32.2. The third-order valence-electron chi connectivity index (χ3n) is 4.36. The van der Waals surface area contributed by atoms with Gasteiger partial charge in [-0.25, -0.2) is 13.1 Å². The van der Waals surface area contributed by atoms with E-state index in [-0.39, 0.29) is 21.7 Å². The summed E-state index contributed by atoms with van der Waals surface area (Å²) in [7, 11) is -3.58. The van der Waals surface area contributed by atoms with Crippen molar-refractivity contribution in [2.75, 3.05) is 12.3 Å². The number of rotatable bonds is 5. The van der Waals surface area contributed by atoms with Gasteiger partial charge in [0.15, 0.2) is 0 Å². The van der Waals surface area contributed by atoms with Gasteiger partial charge >= 0.3 is 0 Å². The largest absolute Gasteiger partial charge is 0.506 e. The number of sulfonamides is 1. The van der Waals surface area contributed by atoms with E-state index in [2.05, 4.69) is 11.6 Å². The lowest BCUT2D eigenvalue weighted by Crippen LogP contribution is -2.35. The molecular weight excluding hydrogens is 276 g/mol. The highest BCUT2D eigenvalue weighted by molar-refractivity contribution is 7.89. The lowest BCUT2D eigenvalue weighted by molar-refractivity contribution is 0.285. The van der Waals surface area contributed by atoms with Gasteiger partial charge in [-0.1, -0.05) is 19.8 Å². The molecule has 1 fully saturated rings. The van der Waals surface area contributed by atoms with Crippen molar-refractivity contribution in [3.8, 4) is 5.75 Å². The molecule has 1 saturated carbocycles. The summed E-state index contributed by atoms with van der Waals surface area (Å²) in [5.74, 6) is -0.107. The van der Waals surface area contributed by atoms with Gasteiger partial charge < -0.3 is 10.8 Å². The van der Waals surface area contributed by atoms with Gasteiger partial charge in [0.1, 0.15) is 5.75 Å². The first-order chi connectivity index (χ1) is 9.38. The molecule has 0 aromatic heterocycles. The molecule has 0 bridgehead atoms. The zero-order valence-electron chi connectivity index (χ0n) is 11.7. The minimum absolute atomic E-state index is 0.0685. The summed E-state index contributed by atoms with van der Waals surface area (Å²) in [5, 5.41) is 9.35. The second-order valence-corrected chi connectivity index (χ2v) is 7.37. The molecule has 0 atom stereocenters. The summed E-state index contributed by atoms with van der Waals surface area (Å²) < 4.78 is 27.2. The summed E-state index contributed by atoms with van der Waals surface area (Å²) in [6.07, 6.45) is 5.46. The van der Waals surface area contributed by atoms with Crippen LogP contribution in [0.3, 0.4) is 0 Å². The maximum absolute atomic E-state index is 12.3. The fourth-order valence-electron chi connectivity index (χ4n) is 2.81. The molecule has 0 saturated heterocycles. The number of aromatic hydroxyl groups is 1. The van der Waals surface area contributed by atoms with Crippen LogP contribution < -0.4 is 10.5 Å². The van der Waals surface area contributed by atoms with E-state index in [0.29, 0.717) is 6.54 Å². The van der Waals surface area contributed by atoms with Crippen LogP contribution in [0.25, 0.3) is 0 Å². The third kappa shape index (κ3) is 3.07. The number of phenols is 1. The molecule has 0 heterocycles. The molecule has 4 N–H and O–H groups in total. The standard InChI is InChI=1S/C14H22N2O3S/c1-2-14(7-3-4-8-14)10-16-20(18,19)11-5-6-13(17)12(15)9-11/h5-6,9,16-17H,2-4,7-8,10,15H2,1H3. The Bertz CT molecular complexity index is 578. The summed E-state index contributed by atoms with van der Waals surface area (Å²) in [4.78, 5) is 0.0945. The van der Waals surface area contributed by atoms with Gasteiger partial charge in [-0.2, -0.15) is 0 Å². The molecule has 2 rings (SSSR count). The van der Waals surface area contributed by atoms with Gasteiger partial charge in [0.2, 0.25) is 10.0 Å². The zero-order chi connectivity index (χ0) is 14.8. The Morgan fingerprint density at radius 1 is 1.35 bits per heavy atom. The molecule has 20 heavy (non-hydrogen) atoms. The molecular formula is C14H22N2O3S.